The molecule has 36 heavy (non-hydrogen) atoms. The quantitative estimate of drug-likeness (QED) is 0.481. The molecule has 5 aliphatic rings. The number of nitriles is 1. The molecule has 5 fully saturated rings. The van der Waals surface area contributed by atoms with Crippen LogP contribution in [0.3, 0.4) is 0 Å². The smallest absolute Gasteiger partial charge is 0.226 e. The Bertz CT molecular complexity index is 850. The zero-order valence-electron chi connectivity index (χ0n) is 21.7. The number of rotatable bonds is 6. The van der Waals surface area contributed by atoms with E-state index in [2.05, 4.69) is 28.9 Å². The summed E-state index contributed by atoms with van der Waals surface area (Å²) in [6.45, 7) is 4.27. The highest BCUT2D eigenvalue weighted by Crippen LogP contribution is 2.42. The highest BCUT2D eigenvalue weighted by molar-refractivity contribution is 8.00. The first-order valence-electron chi connectivity index (χ1n) is 13.6. The molecule has 0 aromatic heterocycles. The highest BCUT2D eigenvalue weighted by atomic mass is 32.2. The second kappa shape index (κ2) is 11.2. The van der Waals surface area contributed by atoms with Crippen LogP contribution >= 0.6 is 11.8 Å². The van der Waals surface area contributed by atoms with E-state index in [9.17, 15) is 14.9 Å². The third-order valence-electron chi connectivity index (χ3n) is 9.34. The van der Waals surface area contributed by atoms with Gasteiger partial charge in [0.05, 0.1) is 24.2 Å². The van der Waals surface area contributed by atoms with Crippen molar-refractivity contribution in [3.05, 3.63) is 0 Å². The van der Waals surface area contributed by atoms with Crippen molar-refractivity contribution in [2.75, 3.05) is 33.9 Å². The van der Waals surface area contributed by atoms with Gasteiger partial charge in [-0.15, -0.1) is 11.8 Å². The van der Waals surface area contributed by atoms with Crippen molar-refractivity contribution in [1.82, 2.24) is 20.9 Å². The lowest BCUT2D eigenvalue weighted by Crippen LogP contribution is -2.55. The van der Waals surface area contributed by atoms with E-state index in [0.717, 1.165) is 45.1 Å². The van der Waals surface area contributed by atoms with Gasteiger partial charge in [-0.05, 0) is 57.3 Å². The van der Waals surface area contributed by atoms with Crippen molar-refractivity contribution in [1.29, 1.82) is 5.26 Å². The number of nitrogens with one attached hydrogen (secondary N) is 3. The van der Waals surface area contributed by atoms with Gasteiger partial charge in [-0.1, -0.05) is 0 Å². The number of hydrogen-bond donors (Lipinski definition) is 3. The Hall–Kier alpha value is -1.38. The second-order valence-corrected chi connectivity index (χ2v) is 12.8. The third-order valence-corrected chi connectivity index (χ3v) is 10.7. The van der Waals surface area contributed by atoms with Crippen LogP contribution in [0.2, 0.25) is 0 Å². The Morgan fingerprint density at radius 3 is 2.58 bits per heavy atom. The van der Waals surface area contributed by atoms with Crippen LogP contribution in [-0.2, 0) is 19.1 Å². The number of carbonyl (C=O) groups is 2. The number of hydrogen-bond acceptors (Lipinski definition) is 8. The Kier molecular flexibility index (Phi) is 8.13. The molecule has 0 aromatic carbocycles. The van der Waals surface area contributed by atoms with E-state index < -0.39 is 0 Å². The Morgan fingerprint density at radius 2 is 1.89 bits per heavy atom. The fraction of sp³-hybridized carbons (Fsp3) is 0.885. The third kappa shape index (κ3) is 5.28. The molecule has 0 bridgehead atoms. The summed E-state index contributed by atoms with van der Waals surface area (Å²) in [5.74, 6) is 0.750. The van der Waals surface area contributed by atoms with E-state index in [4.69, 9.17) is 9.47 Å². The van der Waals surface area contributed by atoms with Crippen molar-refractivity contribution in [3.63, 3.8) is 0 Å². The lowest BCUT2D eigenvalue weighted by atomic mass is 9.66. The first kappa shape index (κ1) is 26.2. The van der Waals surface area contributed by atoms with Crippen LogP contribution in [0, 0.1) is 40.9 Å². The molecule has 3 N–H and O–H groups in total. The Morgan fingerprint density at radius 1 is 1.08 bits per heavy atom. The first-order chi connectivity index (χ1) is 17.4. The maximum atomic E-state index is 13.6. The number of fused-ring (bicyclic) bond motifs is 1. The average Bonchev–Trinajstić information content (AvgIpc) is 3.41. The Labute approximate surface area is 218 Å². The van der Waals surface area contributed by atoms with Gasteiger partial charge < -0.3 is 25.0 Å². The van der Waals surface area contributed by atoms with Gasteiger partial charge in [0, 0.05) is 63.0 Å². The van der Waals surface area contributed by atoms with Crippen molar-refractivity contribution in [2.45, 2.75) is 80.5 Å². The zero-order valence-corrected chi connectivity index (χ0v) is 22.5. The number of likely N-dealkylation sites (tertiary alicyclic amines) is 1. The molecular weight excluding hydrogens is 478 g/mol. The summed E-state index contributed by atoms with van der Waals surface area (Å²) in [6, 6.07) is 3.01. The minimum atomic E-state index is -0.144. The molecule has 2 aliphatic carbocycles. The number of carbonyl (C=O) groups excluding carboxylic acids is 2. The molecule has 3 saturated heterocycles. The molecular formula is C26H41N5O4S. The van der Waals surface area contributed by atoms with E-state index >= 15 is 0 Å². The minimum absolute atomic E-state index is 0.0488. The number of thioether (sulfide) groups is 1. The molecule has 5 rings (SSSR count). The first-order valence-corrected chi connectivity index (χ1v) is 14.5. The molecule has 10 heteroatoms. The minimum Gasteiger partial charge on any atom is -0.381 e. The van der Waals surface area contributed by atoms with E-state index in [1.807, 2.05) is 4.90 Å². The van der Waals surface area contributed by atoms with E-state index in [0.29, 0.717) is 24.4 Å². The van der Waals surface area contributed by atoms with Gasteiger partial charge in [0.15, 0.2) is 0 Å². The summed E-state index contributed by atoms with van der Waals surface area (Å²) in [4.78, 5) is 28.4. The SMILES string of the molecule is COC1CC(C(=O)N2CC3NC(NC(=O)C4CNC(C)CC4C4CC(C#N)CCC4OC)SC3C2)C1. The van der Waals surface area contributed by atoms with Crippen molar-refractivity contribution >= 4 is 23.6 Å². The molecule has 3 heterocycles. The van der Waals surface area contributed by atoms with Crippen LogP contribution in [0.5, 0.6) is 0 Å². The van der Waals surface area contributed by atoms with Crippen molar-refractivity contribution in [3.8, 4) is 6.07 Å². The van der Waals surface area contributed by atoms with Crippen LogP contribution in [0.1, 0.15) is 45.4 Å². The number of piperidine rings is 1. The predicted molar refractivity (Wildman–Crippen MR) is 137 cm³/mol. The van der Waals surface area contributed by atoms with E-state index in [1.165, 1.54) is 0 Å². The summed E-state index contributed by atoms with van der Waals surface area (Å²) >= 11 is 1.73. The van der Waals surface area contributed by atoms with Crippen molar-refractivity contribution in [2.24, 2.45) is 29.6 Å². The van der Waals surface area contributed by atoms with Crippen LogP contribution in [-0.4, -0.2) is 85.6 Å². The summed E-state index contributed by atoms with van der Waals surface area (Å²) in [5.41, 5.74) is -0.136. The standard InChI is InChI=1S/C26H41N5O4S/c1-14-6-18(19-7-15(10-27)4-5-22(19)35-3)20(11-28-14)24(32)30-26-29-21-12-31(13-23(21)36-26)25(33)16-8-17(9-16)34-2/h14-23,26,28-29H,4-9,11-13H2,1-3H3,(H,30,32). The molecule has 2 saturated carbocycles. The van der Waals surface area contributed by atoms with Crippen LogP contribution in [0.25, 0.3) is 0 Å². The van der Waals surface area contributed by atoms with Gasteiger partial charge in [0.25, 0.3) is 0 Å². The summed E-state index contributed by atoms with van der Waals surface area (Å²) in [5, 5.41) is 20.2. The van der Waals surface area contributed by atoms with Crippen molar-refractivity contribution < 1.29 is 19.1 Å². The number of amides is 2. The van der Waals surface area contributed by atoms with Gasteiger partial charge in [-0.25, -0.2) is 0 Å². The van der Waals surface area contributed by atoms with E-state index in [1.54, 1.807) is 26.0 Å². The largest absolute Gasteiger partial charge is 0.381 e. The number of ether oxygens (including phenoxy) is 2. The fourth-order valence-corrected chi connectivity index (χ4v) is 8.53. The molecule has 0 spiro atoms. The summed E-state index contributed by atoms with van der Waals surface area (Å²) in [6.07, 6.45) is 5.49. The lowest BCUT2D eigenvalue weighted by molar-refractivity contribution is -0.142. The zero-order chi connectivity index (χ0) is 25.4. The molecule has 3 aliphatic heterocycles. The molecule has 9 atom stereocenters. The molecule has 0 radical (unpaired) electrons. The highest BCUT2D eigenvalue weighted by Gasteiger charge is 2.48. The van der Waals surface area contributed by atoms with Gasteiger partial charge in [-0.2, -0.15) is 5.26 Å². The maximum absolute atomic E-state index is 13.6. The normalized spacial score (nSPS) is 44.4. The van der Waals surface area contributed by atoms with Gasteiger partial charge in [0.2, 0.25) is 11.8 Å². The van der Waals surface area contributed by atoms with Crippen LogP contribution in [0.4, 0.5) is 0 Å². The van der Waals surface area contributed by atoms with Crippen LogP contribution in [0.15, 0.2) is 0 Å². The number of methoxy groups -OCH3 is 2. The average molecular weight is 520 g/mol. The summed E-state index contributed by atoms with van der Waals surface area (Å²) < 4.78 is 11.2. The lowest BCUT2D eigenvalue weighted by Gasteiger charge is -2.44. The summed E-state index contributed by atoms with van der Waals surface area (Å²) in [7, 11) is 3.47. The van der Waals surface area contributed by atoms with Crippen LogP contribution < -0.4 is 16.0 Å². The molecule has 9 nitrogen and oxygen atoms in total. The molecule has 200 valence electrons. The molecule has 2 amide bonds. The second-order valence-electron chi connectivity index (χ2n) is 11.5. The van der Waals surface area contributed by atoms with Gasteiger partial charge >= 0.3 is 0 Å². The fourth-order valence-electron chi connectivity index (χ4n) is 7.12. The molecule has 0 aromatic rings. The molecule has 9 unspecified atom stereocenters. The van der Waals surface area contributed by atoms with Gasteiger partial charge in [-0.3, -0.25) is 14.9 Å². The maximum Gasteiger partial charge on any atom is 0.226 e. The predicted octanol–water partition coefficient (Wildman–Crippen LogP) is 1.30. The monoisotopic (exact) mass is 519 g/mol. The Balaban J connectivity index is 1.16. The number of nitrogens with zero attached hydrogens (tertiary/aromatic N) is 2. The van der Waals surface area contributed by atoms with Gasteiger partial charge in [0.1, 0.15) is 5.50 Å². The van der Waals surface area contributed by atoms with E-state index in [-0.39, 0.29) is 65.2 Å². The topological polar surface area (TPSA) is 116 Å².